The van der Waals surface area contributed by atoms with Crippen LogP contribution in [0, 0.1) is 6.92 Å². The zero-order valence-electron chi connectivity index (χ0n) is 15.7. The van der Waals surface area contributed by atoms with Gasteiger partial charge in [0.1, 0.15) is 0 Å². The lowest BCUT2D eigenvalue weighted by atomic mass is 10.2. The fourth-order valence-electron chi connectivity index (χ4n) is 4.04. The molecule has 28 heavy (non-hydrogen) atoms. The van der Waals surface area contributed by atoms with Crippen LogP contribution in [-0.4, -0.2) is 43.2 Å². The van der Waals surface area contributed by atoms with E-state index in [1.54, 1.807) is 6.20 Å². The van der Waals surface area contributed by atoms with Gasteiger partial charge in [-0.3, -0.25) is 4.79 Å². The monoisotopic (exact) mass is 371 g/mol. The van der Waals surface area contributed by atoms with Crippen molar-refractivity contribution >= 4 is 16.9 Å². The summed E-state index contributed by atoms with van der Waals surface area (Å²) < 4.78 is 4.02. The number of carbonyl (C=O) groups is 1. The van der Waals surface area contributed by atoms with Crippen molar-refractivity contribution < 1.29 is 4.79 Å². The molecule has 6 nitrogen and oxygen atoms in total. The Morgan fingerprint density at radius 1 is 1.07 bits per heavy atom. The lowest BCUT2D eigenvalue weighted by Crippen LogP contribution is -2.29. The molecule has 0 spiro atoms. The number of carbonyl (C=O) groups excluding carboxylic acids is 1. The Balaban J connectivity index is 1.38. The molecule has 1 aliphatic heterocycles. The van der Waals surface area contributed by atoms with Crippen LogP contribution in [0.25, 0.3) is 16.7 Å². The topological polar surface area (TPSA) is 56.0 Å². The summed E-state index contributed by atoms with van der Waals surface area (Å²) in [5.41, 5.74) is 4.61. The third-order valence-electron chi connectivity index (χ3n) is 5.57. The highest BCUT2D eigenvalue weighted by Gasteiger charge is 2.30. The van der Waals surface area contributed by atoms with Crippen LogP contribution < -0.4 is 0 Å². The van der Waals surface area contributed by atoms with Crippen LogP contribution in [0.5, 0.6) is 0 Å². The van der Waals surface area contributed by atoms with Gasteiger partial charge >= 0.3 is 0 Å². The summed E-state index contributed by atoms with van der Waals surface area (Å²) in [6.45, 7) is 3.38. The summed E-state index contributed by atoms with van der Waals surface area (Å²) in [5.74, 6) is 0.0478. The SMILES string of the molecule is Cc1c(C(=O)N2CCC(n3cnc4ccccc43)C2)cnn1-c1ccccc1. The fourth-order valence-corrected chi connectivity index (χ4v) is 4.04. The average Bonchev–Trinajstić information content (AvgIpc) is 3.46. The van der Waals surface area contributed by atoms with E-state index in [9.17, 15) is 4.79 Å². The van der Waals surface area contributed by atoms with Crippen molar-refractivity contribution in [2.75, 3.05) is 13.1 Å². The molecule has 3 heterocycles. The van der Waals surface area contributed by atoms with Crippen molar-refractivity contribution in [1.29, 1.82) is 0 Å². The third-order valence-corrected chi connectivity index (χ3v) is 5.57. The summed E-state index contributed by atoms with van der Waals surface area (Å²) in [7, 11) is 0. The first-order chi connectivity index (χ1) is 13.7. The van der Waals surface area contributed by atoms with E-state index in [4.69, 9.17) is 0 Å². The number of amides is 1. The largest absolute Gasteiger partial charge is 0.336 e. The first kappa shape index (κ1) is 16.7. The van der Waals surface area contributed by atoms with Gasteiger partial charge in [-0.15, -0.1) is 0 Å². The van der Waals surface area contributed by atoms with Crippen LogP contribution in [0.4, 0.5) is 0 Å². The summed E-state index contributed by atoms with van der Waals surface area (Å²) >= 11 is 0. The van der Waals surface area contributed by atoms with Gasteiger partial charge in [-0.1, -0.05) is 30.3 Å². The van der Waals surface area contributed by atoms with E-state index in [0.717, 1.165) is 35.4 Å². The molecule has 1 aliphatic rings. The Labute approximate surface area is 163 Å². The van der Waals surface area contributed by atoms with Gasteiger partial charge in [0.2, 0.25) is 0 Å². The molecule has 1 fully saturated rings. The number of aromatic nitrogens is 4. The van der Waals surface area contributed by atoms with E-state index >= 15 is 0 Å². The molecule has 0 aliphatic carbocycles. The molecule has 0 bridgehead atoms. The van der Waals surface area contributed by atoms with Crippen molar-refractivity contribution in [3.05, 3.63) is 78.4 Å². The number of hydrogen-bond donors (Lipinski definition) is 0. The number of para-hydroxylation sites is 3. The van der Waals surface area contributed by atoms with Gasteiger partial charge in [0.05, 0.1) is 46.5 Å². The van der Waals surface area contributed by atoms with E-state index in [0.29, 0.717) is 12.1 Å². The Bertz CT molecular complexity index is 1140. The molecule has 5 rings (SSSR count). The minimum atomic E-state index is 0.0478. The lowest BCUT2D eigenvalue weighted by molar-refractivity contribution is 0.0787. The van der Waals surface area contributed by atoms with Crippen molar-refractivity contribution in [1.82, 2.24) is 24.2 Å². The van der Waals surface area contributed by atoms with Crippen LogP contribution in [0.15, 0.2) is 67.1 Å². The van der Waals surface area contributed by atoms with Crippen LogP contribution in [0.3, 0.4) is 0 Å². The summed E-state index contributed by atoms with van der Waals surface area (Å²) in [4.78, 5) is 19.6. The number of benzene rings is 2. The molecule has 1 atom stereocenters. The van der Waals surface area contributed by atoms with Crippen molar-refractivity contribution in [3.63, 3.8) is 0 Å². The maximum Gasteiger partial charge on any atom is 0.257 e. The summed E-state index contributed by atoms with van der Waals surface area (Å²) in [6.07, 6.45) is 4.50. The van der Waals surface area contributed by atoms with Crippen molar-refractivity contribution in [3.8, 4) is 5.69 Å². The maximum absolute atomic E-state index is 13.1. The maximum atomic E-state index is 13.1. The molecule has 1 amide bonds. The molecule has 140 valence electrons. The first-order valence-corrected chi connectivity index (χ1v) is 9.53. The van der Waals surface area contributed by atoms with Gasteiger partial charge in [0.15, 0.2) is 0 Å². The second kappa shape index (κ2) is 6.64. The highest BCUT2D eigenvalue weighted by Crippen LogP contribution is 2.27. The number of rotatable bonds is 3. The standard InChI is InChI=1S/C22H21N5O/c1-16-19(13-24-27(16)17-7-3-2-4-8-17)22(28)25-12-11-18(14-25)26-15-23-20-9-5-6-10-21(20)26/h2-10,13,15,18H,11-12,14H2,1H3. The lowest BCUT2D eigenvalue weighted by Gasteiger charge is -2.17. The normalized spacial score (nSPS) is 16.8. The van der Waals surface area contributed by atoms with Crippen LogP contribution in [-0.2, 0) is 0 Å². The number of nitrogens with zero attached hydrogens (tertiary/aromatic N) is 5. The zero-order valence-corrected chi connectivity index (χ0v) is 15.7. The average molecular weight is 371 g/mol. The van der Waals surface area contributed by atoms with E-state index in [1.807, 2.05) is 71.4 Å². The molecular formula is C22H21N5O. The van der Waals surface area contributed by atoms with E-state index in [-0.39, 0.29) is 11.9 Å². The quantitative estimate of drug-likeness (QED) is 0.553. The molecule has 2 aromatic carbocycles. The van der Waals surface area contributed by atoms with Gasteiger partial charge in [0.25, 0.3) is 5.91 Å². The predicted molar refractivity (Wildman–Crippen MR) is 108 cm³/mol. The Hall–Kier alpha value is -3.41. The highest BCUT2D eigenvalue weighted by molar-refractivity contribution is 5.95. The van der Waals surface area contributed by atoms with Crippen molar-refractivity contribution in [2.45, 2.75) is 19.4 Å². The van der Waals surface area contributed by atoms with Crippen LogP contribution in [0.2, 0.25) is 0 Å². The summed E-state index contributed by atoms with van der Waals surface area (Å²) in [5, 5.41) is 4.44. The minimum absolute atomic E-state index is 0.0478. The van der Waals surface area contributed by atoms with Gasteiger partial charge < -0.3 is 9.47 Å². The molecule has 0 saturated carbocycles. The molecule has 2 aromatic heterocycles. The van der Waals surface area contributed by atoms with Gasteiger partial charge in [-0.05, 0) is 37.6 Å². The fraction of sp³-hybridized carbons (Fsp3) is 0.227. The highest BCUT2D eigenvalue weighted by atomic mass is 16.2. The molecule has 4 aromatic rings. The molecule has 1 saturated heterocycles. The second-order valence-corrected chi connectivity index (χ2v) is 7.23. The van der Waals surface area contributed by atoms with Crippen LogP contribution in [0.1, 0.15) is 28.5 Å². The minimum Gasteiger partial charge on any atom is -0.336 e. The van der Waals surface area contributed by atoms with Gasteiger partial charge in [-0.2, -0.15) is 5.10 Å². The number of hydrogen-bond acceptors (Lipinski definition) is 3. The number of fused-ring (bicyclic) bond motifs is 1. The van der Waals surface area contributed by atoms with E-state index < -0.39 is 0 Å². The molecule has 6 heteroatoms. The molecule has 0 radical (unpaired) electrons. The predicted octanol–water partition coefficient (Wildman–Crippen LogP) is 3.62. The molecule has 1 unspecified atom stereocenters. The van der Waals surface area contributed by atoms with Gasteiger partial charge in [-0.25, -0.2) is 9.67 Å². The Morgan fingerprint density at radius 3 is 2.71 bits per heavy atom. The smallest absolute Gasteiger partial charge is 0.257 e. The van der Waals surface area contributed by atoms with Crippen LogP contribution >= 0.6 is 0 Å². The Kier molecular flexibility index (Phi) is 3.97. The van der Waals surface area contributed by atoms with E-state index in [2.05, 4.69) is 20.7 Å². The summed E-state index contributed by atoms with van der Waals surface area (Å²) in [6, 6.07) is 18.3. The number of imidazole rings is 1. The Morgan fingerprint density at radius 2 is 1.86 bits per heavy atom. The third kappa shape index (κ3) is 2.69. The second-order valence-electron chi connectivity index (χ2n) is 7.23. The van der Waals surface area contributed by atoms with E-state index in [1.165, 1.54) is 0 Å². The molecular weight excluding hydrogens is 350 g/mol. The zero-order chi connectivity index (χ0) is 19.1. The number of likely N-dealkylation sites (tertiary alicyclic amines) is 1. The van der Waals surface area contributed by atoms with Crippen molar-refractivity contribution in [2.24, 2.45) is 0 Å². The molecule has 0 N–H and O–H groups in total. The van der Waals surface area contributed by atoms with Gasteiger partial charge in [0, 0.05) is 13.1 Å². The first-order valence-electron chi connectivity index (χ1n) is 9.53.